The highest BCUT2D eigenvalue weighted by molar-refractivity contribution is 5.66. The Bertz CT molecular complexity index is 786. The van der Waals surface area contributed by atoms with Crippen molar-refractivity contribution in [2.75, 3.05) is 20.3 Å². The summed E-state index contributed by atoms with van der Waals surface area (Å²) in [5, 5.41) is 0. The number of ether oxygens (including phenoxy) is 3. The number of methoxy groups -OCH3 is 1. The van der Waals surface area contributed by atoms with Crippen LogP contribution in [0.25, 0.3) is 11.1 Å². The maximum absolute atomic E-state index is 14.7. The first-order chi connectivity index (χ1) is 13.0. The van der Waals surface area contributed by atoms with Gasteiger partial charge in [0, 0.05) is 18.1 Å². The minimum atomic E-state index is -1.08. The molecule has 2 aromatic rings. The van der Waals surface area contributed by atoms with Crippen LogP contribution in [0.3, 0.4) is 0 Å². The van der Waals surface area contributed by atoms with E-state index in [0.717, 1.165) is 12.8 Å². The van der Waals surface area contributed by atoms with Crippen molar-refractivity contribution >= 4 is 0 Å². The minimum absolute atomic E-state index is 0.00771. The first kappa shape index (κ1) is 19.7. The first-order valence-electron chi connectivity index (χ1n) is 9.10. The van der Waals surface area contributed by atoms with Crippen molar-refractivity contribution in [1.82, 2.24) is 0 Å². The smallest absolute Gasteiger partial charge is 0.201 e. The highest BCUT2D eigenvalue weighted by Crippen LogP contribution is 2.34. The van der Waals surface area contributed by atoms with Crippen molar-refractivity contribution < 1.29 is 27.4 Å². The van der Waals surface area contributed by atoms with E-state index in [-0.39, 0.29) is 29.1 Å². The van der Waals surface area contributed by atoms with Crippen molar-refractivity contribution in [1.29, 1.82) is 0 Å². The highest BCUT2D eigenvalue weighted by atomic mass is 19.2. The number of hydrogen-bond donors (Lipinski definition) is 0. The van der Waals surface area contributed by atoms with Crippen molar-refractivity contribution in [3.63, 3.8) is 0 Å². The Morgan fingerprint density at radius 2 is 1.89 bits per heavy atom. The Kier molecular flexibility index (Phi) is 6.39. The van der Waals surface area contributed by atoms with Crippen LogP contribution < -0.4 is 4.74 Å². The molecule has 0 radical (unpaired) electrons. The molecule has 0 aliphatic carbocycles. The molecule has 3 rings (SSSR count). The summed E-state index contributed by atoms with van der Waals surface area (Å²) in [4.78, 5) is 0. The molecular formula is C21H23F3O3. The summed E-state index contributed by atoms with van der Waals surface area (Å²) < 4.78 is 58.8. The molecule has 0 bridgehead atoms. The van der Waals surface area contributed by atoms with Crippen LogP contribution in [-0.4, -0.2) is 26.6 Å². The average Bonchev–Trinajstić information content (AvgIpc) is 2.69. The summed E-state index contributed by atoms with van der Waals surface area (Å²) in [7, 11) is 1.26. The van der Waals surface area contributed by atoms with E-state index in [1.165, 1.54) is 25.3 Å². The topological polar surface area (TPSA) is 27.7 Å². The second kappa shape index (κ2) is 8.76. The van der Waals surface area contributed by atoms with E-state index in [4.69, 9.17) is 14.2 Å². The predicted octanol–water partition coefficient (Wildman–Crippen LogP) is 5.43. The van der Waals surface area contributed by atoms with Crippen LogP contribution in [0.4, 0.5) is 13.2 Å². The van der Waals surface area contributed by atoms with Crippen molar-refractivity contribution in [2.24, 2.45) is 0 Å². The van der Waals surface area contributed by atoms with E-state index >= 15 is 0 Å². The van der Waals surface area contributed by atoms with Crippen LogP contribution in [0, 0.1) is 17.5 Å². The van der Waals surface area contributed by atoms with Gasteiger partial charge in [0.15, 0.2) is 17.9 Å². The van der Waals surface area contributed by atoms with Crippen LogP contribution in [-0.2, 0) is 9.47 Å². The second-order valence-corrected chi connectivity index (χ2v) is 6.59. The van der Waals surface area contributed by atoms with Gasteiger partial charge in [-0.3, -0.25) is 0 Å². The van der Waals surface area contributed by atoms with E-state index < -0.39 is 17.5 Å². The van der Waals surface area contributed by atoms with E-state index in [9.17, 15) is 13.2 Å². The molecule has 0 spiro atoms. The Labute approximate surface area is 157 Å². The number of rotatable bonds is 6. The first-order valence-corrected chi connectivity index (χ1v) is 9.10. The van der Waals surface area contributed by atoms with Gasteiger partial charge >= 0.3 is 0 Å². The monoisotopic (exact) mass is 380 g/mol. The fourth-order valence-electron chi connectivity index (χ4n) is 3.29. The molecule has 6 heteroatoms. The van der Waals surface area contributed by atoms with Crippen LogP contribution in [0.15, 0.2) is 30.3 Å². The average molecular weight is 380 g/mol. The van der Waals surface area contributed by atoms with E-state index in [0.29, 0.717) is 25.2 Å². The largest absolute Gasteiger partial charge is 0.494 e. The molecule has 0 saturated carbocycles. The van der Waals surface area contributed by atoms with Gasteiger partial charge < -0.3 is 14.2 Å². The van der Waals surface area contributed by atoms with E-state index in [1.54, 1.807) is 12.1 Å². The maximum Gasteiger partial charge on any atom is 0.201 e. The summed E-state index contributed by atoms with van der Waals surface area (Å²) in [6.45, 7) is 3.04. The molecule has 1 aliphatic rings. The lowest BCUT2D eigenvalue weighted by atomic mass is 9.91. The molecule has 1 saturated heterocycles. The zero-order valence-electron chi connectivity index (χ0n) is 15.4. The molecule has 1 heterocycles. The Hall–Kier alpha value is -2.05. The summed E-state index contributed by atoms with van der Waals surface area (Å²) in [5.41, 5.74) is 0.782. The summed E-state index contributed by atoms with van der Waals surface area (Å²) in [6, 6.07) is 7.16. The molecule has 146 valence electrons. The van der Waals surface area contributed by atoms with E-state index in [1.807, 2.05) is 6.92 Å². The maximum atomic E-state index is 14.7. The van der Waals surface area contributed by atoms with Gasteiger partial charge in [0.1, 0.15) is 5.82 Å². The van der Waals surface area contributed by atoms with Gasteiger partial charge in [-0.1, -0.05) is 19.1 Å². The molecule has 0 amide bonds. The molecule has 27 heavy (non-hydrogen) atoms. The third-order valence-electron chi connectivity index (χ3n) is 4.76. The van der Waals surface area contributed by atoms with Gasteiger partial charge in [-0.15, -0.1) is 0 Å². The molecule has 0 N–H and O–H groups in total. The zero-order valence-corrected chi connectivity index (χ0v) is 15.4. The summed E-state index contributed by atoms with van der Waals surface area (Å²) in [6.07, 6.45) is 2.13. The fourth-order valence-corrected chi connectivity index (χ4v) is 3.29. The summed E-state index contributed by atoms with van der Waals surface area (Å²) in [5.74, 6) is -2.87. The van der Waals surface area contributed by atoms with Crippen LogP contribution >= 0.6 is 0 Å². The third kappa shape index (κ3) is 4.28. The lowest BCUT2D eigenvalue weighted by Gasteiger charge is -2.29. The normalized spacial score (nSPS) is 19.9. The Morgan fingerprint density at radius 1 is 1.07 bits per heavy atom. The van der Waals surface area contributed by atoms with Gasteiger partial charge in [-0.25, -0.2) is 8.78 Å². The van der Waals surface area contributed by atoms with Gasteiger partial charge in [-0.05, 0) is 48.6 Å². The van der Waals surface area contributed by atoms with Crippen LogP contribution in [0.1, 0.15) is 37.7 Å². The fraction of sp³-hybridized carbons (Fsp3) is 0.429. The molecule has 1 fully saturated rings. The molecule has 2 atom stereocenters. The van der Waals surface area contributed by atoms with Gasteiger partial charge in [0.2, 0.25) is 5.82 Å². The lowest BCUT2D eigenvalue weighted by molar-refractivity contribution is -0.167. The summed E-state index contributed by atoms with van der Waals surface area (Å²) >= 11 is 0. The van der Waals surface area contributed by atoms with Gasteiger partial charge in [0.25, 0.3) is 0 Å². The Balaban J connectivity index is 1.76. The quantitative estimate of drug-likeness (QED) is 0.669. The van der Waals surface area contributed by atoms with Crippen molar-refractivity contribution in [2.45, 2.75) is 38.4 Å². The molecule has 2 unspecified atom stereocenters. The van der Waals surface area contributed by atoms with Crippen molar-refractivity contribution in [3.8, 4) is 16.9 Å². The number of benzene rings is 2. The SMILES string of the molecule is CCCOC1CCC(c2ccc(-c3ccc(OC)c(F)c3F)cc2F)CO1. The van der Waals surface area contributed by atoms with Gasteiger partial charge in [-0.2, -0.15) is 4.39 Å². The third-order valence-corrected chi connectivity index (χ3v) is 4.76. The van der Waals surface area contributed by atoms with Crippen LogP contribution in [0.5, 0.6) is 5.75 Å². The minimum Gasteiger partial charge on any atom is -0.494 e. The number of halogens is 3. The van der Waals surface area contributed by atoms with Gasteiger partial charge in [0.05, 0.1) is 13.7 Å². The Morgan fingerprint density at radius 3 is 2.52 bits per heavy atom. The molecule has 0 aromatic heterocycles. The second-order valence-electron chi connectivity index (χ2n) is 6.59. The standard InChI is InChI=1S/C21H23F3O3/c1-3-10-26-19-9-5-14(12-27-19)15-6-4-13(11-17(15)22)16-7-8-18(25-2)21(24)20(16)23/h4,6-8,11,14,19H,3,5,9-10,12H2,1-2H3. The molecule has 1 aliphatic heterocycles. The predicted molar refractivity (Wildman–Crippen MR) is 96.3 cm³/mol. The number of hydrogen-bond acceptors (Lipinski definition) is 3. The van der Waals surface area contributed by atoms with E-state index in [2.05, 4.69) is 0 Å². The molecule has 3 nitrogen and oxygen atoms in total. The molecule has 2 aromatic carbocycles. The zero-order chi connectivity index (χ0) is 19.4. The lowest BCUT2D eigenvalue weighted by Crippen LogP contribution is -2.27. The van der Waals surface area contributed by atoms with Crippen molar-refractivity contribution in [3.05, 3.63) is 53.3 Å². The highest BCUT2D eigenvalue weighted by Gasteiger charge is 2.26. The molecular weight excluding hydrogens is 357 g/mol. The van der Waals surface area contributed by atoms with Crippen LogP contribution in [0.2, 0.25) is 0 Å².